The lowest BCUT2D eigenvalue weighted by Gasteiger charge is -2.34. The van der Waals surface area contributed by atoms with E-state index in [1.54, 1.807) is 18.3 Å². The van der Waals surface area contributed by atoms with Gasteiger partial charge in [-0.25, -0.2) is 32.2 Å². The molecule has 44 heavy (non-hydrogen) atoms. The minimum atomic E-state index is -4.83. The van der Waals surface area contributed by atoms with E-state index in [1.165, 1.54) is 29.7 Å². The van der Waals surface area contributed by atoms with Crippen LogP contribution in [-0.4, -0.2) is 71.6 Å². The number of H-pyrrole nitrogens is 1. The number of sulfonamides is 1. The number of rotatable bonds is 9. The van der Waals surface area contributed by atoms with Crippen LogP contribution in [0.2, 0.25) is 0 Å². The van der Waals surface area contributed by atoms with Crippen molar-refractivity contribution in [3.8, 4) is 5.75 Å². The van der Waals surface area contributed by atoms with E-state index in [1.807, 2.05) is 4.90 Å². The Morgan fingerprint density at radius 3 is 2.23 bits per heavy atom. The number of nitrogens with one attached hydrogen (secondary N) is 2. The van der Waals surface area contributed by atoms with Crippen molar-refractivity contribution in [3.63, 3.8) is 0 Å². The van der Waals surface area contributed by atoms with Crippen LogP contribution in [0.4, 0.5) is 27.8 Å². The number of ether oxygens (including phenoxy) is 1. The van der Waals surface area contributed by atoms with Crippen molar-refractivity contribution in [2.75, 3.05) is 31.1 Å². The number of hydrogen-bond acceptors (Lipinski definition) is 8. The zero-order valence-electron chi connectivity index (χ0n) is 23.3. The summed E-state index contributed by atoms with van der Waals surface area (Å²) in [5.74, 6) is -2.64. The van der Waals surface area contributed by atoms with Crippen LogP contribution in [0.3, 0.4) is 0 Å². The predicted molar refractivity (Wildman–Crippen MR) is 149 cm³/mol. The van der Waals surface area contributed by atoms with Gasteiger partial charge in [-0.3, -0.25) is 4.79 Å². The molecule has 236 valence electrons. The first kappa shape index (κ1) is 32.5. The van der Waals surface area contributed by atoms with Crippen molar-refractivity contribution in [1.29, 1.82) is 0 Å². The number of aromatic amines is 1. The fraction of sp³-hybridized carbons (Fsp3) is 0.333. The lowest BCUT2D eigenvalue weighted by Crippen LogP contribution is -2.48. The van der Waals surface area contributed by atoms with Gasteiger partial charge < -0.3 is 19.9 Å². The number of hydrogen-bond donors (Lipinski definition) is 2. The first-order valence-corrected chi connectivity index (χ1v) is 14.7. The molecule has 1 amide bonds. The molecule has 0 aliphatic carbocycles. The van der Waals surface area contributed by atoms with Crippen molar-refractivity contribution < 1.29 is 39.9 Å². The first-order valence-electron chi connectivity index (χ1n) is 13.2. The molecule has 0 bridgehead atoms. The summed E-state index contributed by atoms with van der Waals surface area (Å²) in [5.41, 5.74) is 1.85. The number of anilines is 1. The monoisotopic (exact) mass is 641 g/mol. The molecule has 1 fully saturated rings. The topological polar surface area (TPSA) is 133 Å². The Kier molecular flexibility index (Phi) is 9.98. The first-order chi connectivity index (χ1) is 20.8. The van der Waals surface area contributed by atoms with Crippen LogP contribution in [0.5, 0.6) is 5.75 Å². The zero-order chi connectivity index (χ0) is 32.0. The van der Waals surface area contributed by atoms with Gasteiger partial charge >= 0.3 is 6.36 Å². The van der Waals surface area contributed by atoms with Crippen molar-refractivity contribution in [3.05, 3.63) is 72.2 Å². The average molecular weight is 642 g/mol. The highest BCUT2D eigenvalue weighted by Crippen LogP contribution is 2.31. The second-order valence-corrected chi connectivity index (χ2v) is 11.4. The Labute approximate surface area is 249 Å². The minimum absolute atomic E-state index is 0.0138. The molecule has 2 aromatic carbocycles. The van der Waals surface area contributed by atoms with E-state index in [0.717, 1.165) is 29.8 Å². The second-order valence-electron chi connectivity index (χ2n) is 9.47. The zero-order valence-corrected chi connectivity index (χ0v) is 24.1. The van der Waals surface area contributed by atoms with E-state index >= 15 is 0 Å². The smallest absolute Gasteiger partial charge is 0.406 e. The summed E-state index contributed by atoms with van der Waals surface area (Å²) < 4.78 is 93.7. The maximum Gasteiger partial charge on any atom is 0.573 e. The van der Waals surface area contributed by atoms with E-state index < -0.39 is 28.1 Å². The molecule has 0 spiro atoms. The maximum absolute atomic E-state index is 13.2. The van der Waals surface area contributed by atoms with Gasteiger partial charge in [0.25, 0.3) is 5.92 Å². The van der Waals surface area contributed by atoms with Gasteiger partial charge in [0.15, 0.2) is 11.3 Å². The summed E-state index contributed by atoms with van der Waals surface area (Å²) in [6.07, 6.45) is -1.40. The van der Waals surface area contributed by atoms with Crippen LogP contribution in [-0.2, 0) is 27.3 Å². The number of halogens is 5. The summed E-state index contributed by atoms with van der Waals surface area (Å²) in [6.45, 7) is 2.99. The summed E-state index contributed by atoms with van der Waals surface area (Å²) >= 11 is 0. The third kappa shape index (κ3) is 8.16. The van der Waals surface area contributed by atoms with E-state index in [4.69, 9.17) is 0 Å². The van der Waals surface area contributed by atoms with Gasteiger partial charge in [-0.1, -0.05) is 31.2 Å². The molecule has 11 nitrogen and oxygen atoms in total. The molecule has 5 rings (SSSR count). The number of nitrogens with zero attached hydrogens (tertiary/aromatic N) is 5. The number of alkyl halides is 5. The van der Waals surface area contributed by atoms with Gasteiger partial charge in [-0.05, 0) is 29.8 Å². The molecule has 0 unspecified atom stereocenters. The molecular formula is C27H28F5N7O4S. The van der Waals surface area contributed by atoms with E-state index in [9.17, 15) is 35.2 Å². The van der Waals surface area contributed by atoms with Crippen LogP contribution in [0.1, 0.15) is 24.5 Å². The molecule has 1 saturated heterocycles. The Morgan fingerprint density at radius 1 is 0.977 bits per heavy atom. The summed E-state index contributed by atoms with van der Waals surface area (Å²) in [6, 6.07) is 10.1. The van der Waals surface area contributed by atoms with Crippen LogP contribution in [0.25, 0.3) is 11.3 Å². The lowest BCUT2D eigenvalue weighted by molar-refractivity contribution is -0.274. The van der Waals surface area contributed by atoms with E-state index in [2.05, 4.69) is 30.0 Å². The molecule has 1 aliphatic heterocycles. The van der Waals surface area contributed by atoms with Crippen molar-refractivity contribution in [2.45, 2.75) is 37.1 Å². The van der Waals surface area contributed by atoms with Crippen molar-refractivity contribution in [2.24, 2.45) is 0 Å². The van der Waals surface area contributed by atoms with Crippen molar-refractivity contribution in [1.82, 2.24) is 29.6 Å². The quantitative estimate of drug-likeness (QED) is 0.205. The lowest BCUT2D eigenvalue weighted by atomic mass is 10.0. The Bertz CT molecular complexity index is 1640. The van der Waals surface area contributed by atoms with E-state index in [-0.39, 0.29) is 30.0 Å². The van der Waals surface area contributed by atoms with Gasteiger partial charge in [0.1, 0.15) is 11.6 Å². The maximum atomic E-state index is 13.2. The van der Waals surface area contributed by atoms with Gasteiger partial charge in [0, 0.05) is 44.7 Å². The molecule has 0 radical (unpaired) electrons. The number of aromatic nitrogens is 4. The largest absolute Gasteiger partial charge is 0.573 e. The minimum Gasteiger partial charge on any atom is -0.406 e. The SMILES string of the molecule is CCC(F)(F)c1ccc(CNC=O)cc1.O=S(=O)(c1ccc(OC(F)(F)F)cc1)N1CCN(c2cnc3nc[nH]c3n2)CC1. The number of fused-ring (bicyclic) bond motifs is 1. The van der Waals surface area contributed by atoms with Crippen molar-refractivity contribution >= 4 is 33.5 Å². The van der Waals surface area contributed by atoms with E-state index in [0.29, 0.717) is 43.2 Å². The standard InChI is InChI=1S/C16H15F3N6O3S.C11H13F2NO/c17-16(18,19)28-11-1-3-12(4-2-11)29(26,27)25-7-5-24(6-8-25)13-9-20-14-15(23-13)22-10-21-14;1-2-11(12,13)10-5-3-9(4-6-10)7-14-8-15/h1-4,9-10H,5-8H2,(H,20,21,22,23);3-6,8H,2,7H2,1H3,(H,14,15). The third-order valence-electron chi connectivity index (χ3n) is 6.60. The van der Waals surface area contributed by atoms with Gasteiger partial charge in [-0.15, -0.1) is 13.2 Å². The Hall–Kier alpha value is -4.38. The molecule has 1 aliphatic rings. The number of benzene rings is 2. The molecule has 0 atom stereocenters. The molecular weight excluding hydrogens is 613 g/mol. The fourth-order valence-corrected chi connectivity index (χ4v) is 5.64. The highest BCUT2D eigenvalue weighted by atomic mass is 32.2. The highest BCUT2D eigenvalue weighted by molar-refractivity contribution is 7.89. The number of piperazine rings is 1. The van der Waals surface area contributed by atoms with Gasteiger partial charge in [-0.2, -0.15) is 4.31 Å². The second kappa shape index (κ2) is 13.5. The highest BCUT2D eigenvalue weighted by Gasteiger charge is 2.32. The molecule has 2 N–H and O–H groups in total. The summed E-state index contributed by atoms with van der Waals surface area (Å²) in [5, 5.41) is 2.47. The third-order valence-corrected chi connectivity index (χ3v) is 8.51. The predicted octanol–water partition coefficient (Wildman–Crippen LogP) is 4.20. The summed E-state index contributed by atoms with van der Waals surface area (Å²) in [4.78, 5) is 27.3. The van der Waals surface area contributed by atoms with Gasteiger partial charge in [0.05, 0.1) is 17.4 Å². The molecule has 2 aromatic heterocycles. The van der Waals surface area contributed by atoms with Gasteiger partial charge in [0.2, 0.25) is 16.4 Å². The Balaban J connectivity index is 0.000000249. The van der Waals surface area contributed by atoms with Crippen LogP contribution >= 0.6 is 0 Å². The van der Waals surface area contributed by atoms with Crippen LogP contribution in [0, 0.1) is 0 Å². The number of imidazole rings is 1. The molecule has 4 aromatic rings. The normalized spacial score (nSPS) is 14.5. The molecule has 0 saturated carbocycles. The molecule has 3 heterocycles. The number of amides is 1. The summed E-state index contributed by atoms with van der Waals surface area (Å²) in [7, 11) is -3.84. The molecule has 17 heteroatoms. The Morgan fingerprint density at radius 2 is 1.64 bits per heavy atom. The number of carbonyl (C=O) groups excluding carboxylic acids is 1. The number of carbonyl (C=O) groups is 1. The average Bonchev–Trinajstić information content (AvgIpc) is 3.48. The fourth-order valence-electron chi connectivity index (χ4n) is 4.22. The van der Waals surface area contributed by atoms with Crippen LogP contribution in [0.15, 0.2) is 66.0 Å². The van der Waals surface area contributed by atoms with Crippen LogP contribution < -0.4 is 15.0 Å².